The average Bonchev–Trinajstić information content (AvgIpc) is 2.17. The van der Waals surface area contributed by atoms with E-state index in [9.17, 15) is 18.0 Å². The van der Waals surface area contributed by atoms with Gasteiger partial charge in [-0.2, -0.15) is 24.9 Å². The Labute approximate surface area is 102 Å². The molecule has 0 aromatic rings. The van der Waals surface area contributed by atoms with Crippen molar-refractivity contribution in [3.05, 3.63) is 0 Å². The molecule has 0 aromatic carbocycles. The third-order valence-electron chi connectivity index (χ3n) is 3.12. The first-order valence-corrected chi connectivity index (χ1v) is 6.43. The van der Waals surface area contributed by atoms with Crippen molar-refractivity contribution in [2.24, 2.45) is 5.92 Å². The molecule has 3 nitrogen and oxygen atoms in total. The second kappa shape index (κ2) is 5.48. The molecule has 0 radical (unpaired) electrons. The van der Waals surface area contributed by atoms with Crippen LogP contribution in [0.2, 0.25) is 0 Å². The van der Waals surface area contributed by atoms with E-state index in [1.165, 1.54) is 0 Å². The molecule has 1 heterocycles. The summed E-state index contributed by atoms with van der Waals surface area (Å²) in [5.41, 5.74) is 0. The van der Waals surface area contributed by atoms with E-state index in [4.69, 9.17) is 5.11 Å². The summed E-state index contributed by atoms with van der Waals surface area (Å²) in [6, 6.07) is -0.0297. The monoisotopic (exact) mass is 271 g/mol. The molecule has 0 bridgehead atoms. The number of hydrogen-bond acceptors (Lipinski definition) is 3. The fourth-order valence-corrected chi connectivity index (χ4v) is 2.97. The maximum atomic E-state index is 12.5. The van der Waals surface area contributed by atoms with Crippen LogP contribution in [-0.2, 0) is 4.79 Å². The van der Waals surface area contributed by atoms with Gasteiger partial charge < -0.3 is 5.11 Å². The largest absolute Gasteiger partial charge is 0.481 e. The van der Waals surface area contributed by atoms with Crippen molar-refractivity contribution < 1.29 is 23.1 Å². The molecule has 0 saturated carbocycles. The molecule has 0 amide bonds. The summed E-state index contributed by atoms with van der Waals surface area (Å²) in [6.45, 7) is 3.85. The number of carbonyl (C=O) groups is 1. The molecule has 1 aliphatic heterocycles. The number of carboxylic acids is 1. The SMILES string of the molecule is CC1SCCN(CC(C(=O)O)C(F)(F)F)C1C. The highest BCUT2D eigenvalue weighted by atomic mass is 32.2. The second-order valence-electron chi connectivity index (χ2n) is 4.24. The smallest absolute Gasteiger partial charge is 0.403 e. The quantitative estimate of drug-likeness (QED) is 0.853. The van der Waals surface area contributed by atoms with Crippen LogP contribution in [0.4, 0.5) is 13.2 Å². The topological polar surface area (TPSA) is 40.5 Å². The summed E-state index contributed by atoms with van der Waals surface area (Å²) in [4.78, 5) is 12.3. The lowest BCUT2D eigenvalue weighted by Crippen LogP contribution is -2.50. The lowest BCUT2D eigenvalue weighted by molar-refractivity contribution is -0.197. The van der Waals surface area contributed by atoms with Crippen molar-refractivity contribution >= 4 is 17.7 Å². The van der Waals surface area contributed by atoms with Crippen LogP contribution in [0.1, 0.15) is 13.8 Å². The van der Waals surface area contributed by atoms with Crippen LogP contribution in [0.15, 0.2) is 0 Å². The van der Waals surface area contributed by atoms with Crippen molar-refractivity contribution in [2.45, 2.75) is 31.3 Å². The van der Waals surface area contributed by atoms with Gasteiger partial charge in [-0.1, -0.05) is 6.92 Å². The van der Waals surface area contributed by atoms with Gasteiger partial charge in [-0.05, 0) is 6.92 Å². The molecule has 3 atom stereocenters. The van der Waals surface area contributed by atoms with E-state index in [1.54, 1.807) is 16.7 Å². The van der Waals surface area contributed by atoms with Crippen molar-refractivity contribution in [1.82, 2.24) is 4.90 Å². The first-order valence-electron chi connectivity index (χ1n) is 5.38. The van der Waals surface area contributed by atoms with E-state index in [-0.39, 0.29) is 11.3 Å². The number of halogens is 3. The molecule has 1 N–H and O–H groups in total. The van der Waals surface area contributed by atoms with Crippen molar-refractivity contribution in [2.75, 3.05) is 18.8 Å². The molecule has 1 fully saturated rings. The fourth-order valence-electron chi connectivity index (χ4n) is 1.81. The number of hydrogen-bond donors (Lipinski definition) is 1. The van der Waals surface area contributed by atoms with Crippen LogP contribution >= 0.6 is 11.8 Å². The van der Waals surface area contributed by atoms with Gasteiger partial charge in [-0.25, -0.2) is 0 Å². The van der Waals surface area contributed by atoms with Gasteiger partial charge in [-0.15, -0.1) is 0 Å². The zero-order valence-corrected chi connectivity index (χ0v) is 10.5. The maximum absolute atomic E-state index is 12.5. The predicted molar refractivity (Wildman–Crippen MR) is 60.1 cm³/mol. The second-order valence-corrected chi connectivity index (χ2v) is 5.73. The van der Waals surface area contributed by atoms with Crippen LogP contribution in [0.25, 0.3) is 0 Å². The van der Waals surface area contributed by atoms with Crippen LogP contribution in [0.5, 0.6) is 0 Å². The summed E-state index contributed by atoms with van der Waals surface area (Å²) < 4.78 is 37.6. The number of rotatable bonds is 3. The summed E-state index contributed by atoms with van der Waals surface area (Å²) in [5, 5.41) is 8.87. The normalized spacial score (nSPS) is 29.0. The van der Waals surface area contributed by atoms with Crippen molar-refractivity contribution in [3.63, 3.8) is 0 Å². The number of thioether (sulfide) groups is 1. The predicted octanol–water partition coefficient (Wildman–Crippen LogP) is 2.08. The number of aliphatic carboxylic acids is 1. The molecule has 3 unspecified atom stereocenters. The molecular formula is C10H16F3NO2S. The highest BCUT2D eigenvalue weighted by Crippen LogP contribution is 2.30. The molecule has 7 heteroatoms. The van der Waals surface area contributed by atoms with Crippen LogP contribution in [0.3, 0.4) is 0 Å². The molecule has 17 heavy (non-hydrogen) atoms. The van der Waals surface area contributed by atoms with Gasteiger partial charge in [0.2, 0.25) is 0 Å². The lowest BCUT2D eigenvalue weighted by Gasteiger charge is -2.38. The molecule has 1 saturated heterocycles. The lowest BCUT2D eigenvalue weighted by atomic mass is 10.1. The Morgan fingerprint density at radius 2 is 2.12 bits per heavy atom. The van der Waals surface area contributed by atoms with E-state index in [0.29, 0.717) is 6.54 Å². The minimum absolute atomic E-state index is 0.0297. The first-order chi connectivity index (χ1) is 7.73. The molecule has 1 aliphatic rings. The van der Waals surface area contributed by atoms with Gasteiger partial charge in [0.1, 0.15) is 0 Å². The molecule has 0 aliphatic carbocycles. The number of alkyl halides is 3. The van der Waals surface area contributed by atoms with Gasteiger partial charge in [-0.3, -0.25) is 9.69 Å². The van der Waals surface area contributed by atoms with Gasteiger partial charge in [0.25, 0.3) is 0 Å². The Kier molecular flexibility index (Phi) is 4.71. The Morgan fingerprint density at radius 1 is 1.53 bits per heavy atom. The van der Waals surface area contributed by atoms with Gasteiger partial charge in [0, 0.05) is 30.1 Å². The van der Waals surface area contributed by atoms with Crippen molar-refractivity contribution in [3.8, 4) is 0 Å². The fraction of sp³-hybridized carbons (Fsp3) is 0.900. The van der Waals surface area contributed by atoms with Gasteiger partial charge in [0.15, 0.2) is 5.92 Å². The van der Waals surface area contributed by atoms with E-state index in [0.717, 1.165) is 5.75 Å². The third-order valence-corrected chi connectivity index (χ3v) is 4.46. The van der Waals surface area contributed by atoms with Gasteiger partial charge in [0.05, 0.1) is 0 Å². The molecule has 1 rings (SSSR count). The number of carboxylic acid groups (broad SMARTS) is 1. The van der Waals surface area contributed by atoms with Crippen molar-refractivity contribution in [1.29, 1.82) is 0 Å². The summed E-state index contributed by atoms with van der Waals surface area (Å²) in [6.07, 6.45) is -4.68. The minimum atomic E-state index is -4.68. The Hall–Kier alpha value is -0.430. The van der Waals surface area contributed by atoms with E-state index in [1.807, 2.05) is 13.8 Å². The molecule has 0 aromatic heterocycles. The van der Waals surface area contributed by atoms with E-state index < -0.39 is 24.6 Å². The third kappa shape index (κ3) is 3.77. The van der Waals surface area contributed by atoms with Crippen LogP contribution < -0.4 is 0 Å². The number of nitrogens with zero attached hydrogens (tertiary/aromatic N) is 1. The van der Waals surface area contributed by atoms with Crippen LogP contribution in [0, 0.1) is 5.92 Å². The molecular weight excluding hydrogens is 255 g/mol. The average molecular weight is 271 g/mol. The van der Waals surface area contributed by atoms with E-state index in [2.05, 4.69) is 0 Å². The standard InChI is InChI=1S/C10H16F3NO2S/c1-6-7(2)17-4-3-14(6)5-8(9(15)16)10(11,12)13/h6-8H,3-5H2,1-2H3,(H,15,16). The minimum Gasteiger partial charge on any atom is -0.481 e. The zero-order valence-electron chi connectivity index (χ0n) is 9.70. The molecule has 100 valence electrons. The maximum Gasteiger partial charge on any atom is 0.403 e. The summed E-state index contributed by atoms with van der Waals surface area (Å²) in [5.74, 6) is -3.34. The molecule has 0 spiro atoms. The summed E-state index contributed by atoms with van der Waals surface area (Å²) >= 11 is 1.70. The van der Waals surface area contributed by atoms with E-state index >= 15 is 0 Å². The van der Waals surface area contributed by atoms with Crippen LogP contribution in [-0.4, -0.2) is 52.3 Å². The zero-order chi connectivity index (χ0) is 13.2. The Bertz CT molecular complexity index is 285. The Balaban J connectivity index is 2.70. The highest BCUT2D eigenvalue weighted by Gasteiger charge is 2.46. The summed E-state index contributed by atoms with van der Waals surface area (Å²) in [7, 11) is 0. The highest BCUT2D eigenvalue weighted by molar-refractivity contribution is 8.00. The Morgan fingerprint density at radius 3 is 2.59 bits per heavy atom. The first kappa shape index (κ1) is 14.6. The van der Waals surface area contributed by atoms with Gasteiger partial charge >= 0.3 is 12.1 Å².